The number of ether oxygens (including phenoxy) is 2. The highest BCUT2D eigenvalue weighted by molar-refractivity contribution is 6.35. The molecule has 2 aromatic carbocycles. The van der Waals surface area contributed by atoms with Gasteiger partial charge < -0.3 is 15.2 Å². The molecule has 3 nitrogen and oxygen atoms in total. The minimum Gasteiger partial charge on any atom is -0.490 e. The standard InChI is InChI=1S/C16H17Cl2NO2/c17-13-10-12(6-7-19)16(15(18)11-13)21-9-8-20-14-4-2-1-3-5-14/h1-5,10-11H,6-9,19H2. The van der Waals surface area contributed by atoms with Gasteiger partial charge in [-0.15, -0.1) is 0 Å². The zero-order valence-corrected chi connectivity index (χ0v) is 13.0. The topological polar surface area (TPSA) is 44.5 Å². The predicted molar refractivity (Wildman–Crippen MR) is 86.7 cm³/mol. The van der Waals surface area contributed by atoms with Crippen molar-refractivity contribution in [3.63, 3.8) is 0 Å². The lowest BCUT2D eigenvalue weighted by Gasteiger charge is -2.14. The Balaban J connectivity index is 1.93. The Morgan fingerprint density at radius 2 is 1.67 bits per heavy atom. The van der Waals surface area contributed by atoms with E-state index in [1.165, 1.54) is 0 Å². The number of halogens is 2. The molecule has 0 aliphatic rings. The second-order valence-corrected chi connectivity index (χ2v) is 5.27. The maximum Gasteiger partial charge on any atom is 0.141 e. The zero-order chi connectivity index (χ0) is 15.1. The van der Waals surface area contributed by atoms with Gasteiger partial charge >= 0.3 is 0 Å². The van der Waals surface area contributed by atoms with E-state index in [0.717, 1.165) is 11.3 Å². The van der Waals surface area contributed by atoms with E-state index in [0.29, 0.717) is 42.0 Å². The van der Waals surface area contributed by atoms with Gasteiger partial charge in [-0.2, -0.15) is 0 Å². The molecule has 0 aliphatic heterocycles. The van der Waals surface area contributed by atoms with Crippen molar-refractivity contribution in [1.29, 1.82) is 0 Å². The van der Waals surface area contributed by atoms with Gasteiger partial charge in [-0.05, 0) is 42.8 Å². The molecule has 0 saturated heterocycles. The first kappa shape index (κ1) is 16.0. The highest BCUT2D eigenvalue weighted by Crippen LogP contribution is 2.32. The number of hydrogen-bond acceptors (Lipinski definition) is 3. The first-order chi connectivity index (χ1) is 10.2. The Morgan fingerprint density at radius 1 is 0.952 bits per heavy atom. The van der Waals surface area contributed by atoms with Crippen LogP contribution in [0.2, 0.25) is 10.0 Å². The maximum atomic E-state index is 6.18. The first-order valence-electron chi connectivity index (χ1n) is 6.69. The van der Waals surface area contributed by atoms with Crippen molar-refractivity contribution in [3.8, 4) is 11.5 Å². The lowest BCUT2D eigenvalue weighted by atomic mass is 10.1. The van der Waals surface area contributed by atoms with E-state index >= 15 is 0 Å². The molecule has 112 valence electrons. The molecule has 0 atom stereocenters. The average molecular weight is 326 g/mol. The largest absolute Gasteiger partial charge is 0.490 e. The van der Waals surface area contributed by atoms with Crippen molar-refractivity contribution in [3.05, 3.63) is 58.1 Å². The van der Waals surface area contributed by atoms with E-state index in [9.17, 15) is 0 Å². The van der Waals surface area contributed by atoms with Gasteiger partial charge in [0.1, 0.15) is 24.7 Å². The number of hydrogen-bond donors (Lipinski definition) is 1. The summed E-state index contributed by atoms with van der Waals surface area (Å²) in [6, 6.07) is 13.1. The van der Waals surface area contributed by atoms with Crippen LogP contribution in [-0.4, -0.2) is 19.8 Å². The average Bonchev–Trinajstić information content (AvgIpc) is 2.47. The molecule has 0 saturated carbocycles. The molecule has 0 fully saturated rings. The SMILES string of the molecule is NCCc1cc(Cl)cc(Cl)c1OCCOc1ccccc1. The lowest BCUT2D eigenvalue weighted by Crippen LogP contribution is -2.11. The van der Waals surface area contributed by atoms with E-state index in [4.69, 9.17) is 38.4 Å². The molecule has 0 radical (unpaired) electrons. The van der Waals surface area contributed by atoms with Crippen molar-refractivity contribution in [2.24, 2.45) is 5.73 Å². The lowest BCUT2D eigenvalue weighted by molar-refractivity contribution is 0.216. The highest BCUT2D eigenvalue weighted by Gasteiger charge is 2.10. The third-order valence-corrected chi connectivity index (χ3v) is 3.34. The summed E-state index contributed by atoms with van der Waals surface area (Å²) in [5.41, 5.74) is 6.51. The maximum absolute atomic E-state index is 6.18. The van der Waals surface area contributed by atoms with Crippen molar-refractivity contribution >= 4 is 23.2 Å². The fourth-order valence-electron chi connectivity index (χ4n) is 1.94. The second kappa shape index (κ2) is 8.13. The van der Waals surface area contributed by atoms with Crippen LogP contribution in [0.3, 0.4) is 0 Å². The normalized spacial score (nSPS) is 10.4. The van der Waals surface area contributed by atoms with Crippen molar-refractivity contribution in [1.82, 2.24) is 0 Å². The Morgan fingerprint density at radius 3 is 2.38 bits per heavy atom. The molecule has 2 aromatic rings. The van der Waals surface area contributed by atoms with Gasteiger partial charge in [0.2, 0.25) is 0 Å². The van der Waals surface area contributed by atoms with Crippen molar-refractivity contribution in [2.45, 2.75) is 6.42 Å². The molecule has 0 bridgehead atoms. The summed E-state index contributed by atoms with van der Waals surface area (Å²) in [5.74, 6) is 1.44. The van der Waals surface area contributed by atoms with Crippen LogP contribution in [0, 0.1) is 0 Å². The fraction of sp³-hybridized carbons (Fsp3) is 0.250. The fourth-order valence-corrected chi connectivity index (χ4v) is 2.53. The molecule has 5 heteroatoms. The van der Waals surface area contributed by atoms with Crippen molar-refractivity contribution < 1.29 is 9.47 Å². The van der Waals surface area contributed by atoms with Gasteiger partial charge in [-0.25, -0.2) is 0 Å². The van der Waals surface area contributed by atoms with Crippen LogP contribution in [0.4, 0.5) is 0 Å². The van der Waals surface area contributed by atoms with Crippen LogP contribution in [-0.2, 0) is 6.42 Å². The summed E-state index contributed by atoms with van der Waals surface area (Å²) in [4.78, 5) is 0. The molecule has 0 aromatic heterocycles. The van der Waals surface area contributed by atoms with Crippen LogP contribution in [0.5, 0.6) is 11.5 Å². The van der Waals surface area contributed by atoms with Gasteiger partial charge in [0.15, 0.2) is 0 Å². The molecular formula is C16H17Cl2NO2. The summed E-state index contributed by atoms with van der Waals surface area (Å²) >= 11 is 12.2. The van der Waals surface area contributed by atoms with E-state index in [1.807, 2.05) is 36.4 Å². The summed E-state index contributed by atoms with van der Waals surface area (Å²) in [5, 5.41) is 1.07. The Hall–Kier alpha value is -1.42. The summed E-state index contributed by atoms with van der Waals surface area (Å²) in [6.45, 7) is 1.34. The van der Waals surface area contributed by atoms with Gasteiger partial charge in [-0.1, -0.05) is 41.4 Å². The molecule has 2 N–H and O–H groups in total. The third kappa shape index (κ3) is 4.81. The number of benzene rings is 2. The van der Waals surface area contributed by atoms with Crippen LogP contribution < -0.4 is 15.2 Å². The molecular weight excluding hydrogens is 309 g/mol. The summed E-state index contributed by atoms with van der Waals surface area (Å²) in [6.07, 6.45) is 0.662. The van der Waals surface area contributed by atoms with E-state index in [2.05, 4.69) is 0 Å². The van der Waals surface area contributed by atoms with E-state index in [1.54, 1.807) is 6.07 Å². The van der Waals surface area contributed by atoms with Gasteiger partial charge in [-0.3, -0.25) is 0 Å². The minimum absolute atomic E-state index is 0.397. The predicted octanol–water partition coefficient (Wildman–Crippen LogP) is 3.95. The van der Waals surface area contributed by atoms with Crippen molar-refractivity contribution in [2.75, 3.05) is 19.8 Å². The molecule has 2 rings (SSSR count). The molecule has 0 heterocycles. The van der Waals surface area contributed by atoms with Gasteiger partial charge in [0.25, 0.3) is 0 Å². The number of nitrogens with two attached hydrogens (primary N) is 1. The smallest absolute Gasteiger partial charge is 0.141 e. The Kier molecular flexibility index (Phi) is 6.18. The summed E-state index contributed by atoms with van der Waals surface area (Å²) in [7, 11) is 0. The van der Waals surface area contributed by atoms with Crippen LogP contribution in [0.1, 0.15) is 5.56 Å². The van der Waals surface area contributed by atoms with E-state index < -0.39 is 0 Å². The molecule has 0 spiro atoms. The van der Waals surface area contributed by atoms with Crippen LogP contribution in [0.25, 0.3) is 0 Å². The third-order valence-electron chi connectivity index (χ3n) is 2.84. The molecule has 0 amide bonds. The molecule has 21 heavy (non-hydrogen) atoms. The number of rotatable bonds is 7. The van der Waals surface area contributed by atoms with Crippen LogP contribution >= 0.6 is 23.2 Å². The zero-order valence-electron chi connectivity index (χ0n) is 11.5. The van der Waals surface area contributed by atoms with Gasteiger partial charge in [0, 0.05) is 5.02 Å². The Bertz CT molecular complexity index is 576. The first-order valence-corrected chi connectivity index (χ1v) is 7.45. The molecule has 0 aliphatic carbocycles. The Labute approximate surface area is 134 Å². The van der Waals surface area contributed by atoms with E-state index in [-0.39, 0.29) is 0 Å². The number of para-hydroxylation sites is 1. The van der Waals surface area contributed by atoms with Gasteiger partial charge in [0.05, 0.1) is 5.02 Å². The highest BCUT2D eigenvalue weighted by atomic mass is 35.5. The monoisotopic (exact) mass is 325 g/mol. The minimum atomic E-state index is 0.397. The quantitative estimate of drug-likeness (QED) is 0.784. The molecule has 0 unspecified atom stereocenters. The van der Waals surface area contributed by atoms with Crippen LogP contribution in [0.15, 0.2) is 42.5 Å². The summed E-state index contributed by atoms with van der Waals surface area (Å²) < 4.78 is 11.3. The second-order valence-electron chi connectivity index (χ2n) is 4.42.